The summed E-state index contributed by atoms with van der Waals surface area (Å²) < 4.78 is 5.54. The van der Waals surface area contributed by atoms with Crippen molar-refractivity contribution in [1.82, 2.24) is 5.32 Å². The lowest BCUT2D eigenvalue weighted by Crippen LogP contribution is -2.28. The molecule has 0 aromatic heterocycles. The normalized spacial score (nSPS) is 13.7. The summed E-state index contributed by atoms with van der Waals surface area (Å²) in [4.78, 5) is 0. The molecule has 1 atom stereocenters. The zero-order valence-electron chi connectivity index (χ0n) is 11.9. The molecule has 98 valence electrons. The van der Waals surface area contributed by atoms with E-state index in [2.05, 4.69) is 39.9 Å². The molecule has 0 spiro atoms. The minimum absolute atomic E-state index is 0.646. The molecule has 0 bridgehead atoms. The van der Waals surface area contributed by atoms with Crippen molar-refractivity contribution in [3.63, 3.8) is 0 Å². The van der Waals surface area contributed by atoms with E-state index in [0.717, 1.165) is 32.1 Å². The smallest absolute Gasteiger partial charge is 0.0489 e. The number of hydrogen-bond donors (Lipinski definition) is 1. The second-order valence-electron chi connectivity index (χ2n) is 5.65. The fourth-order valence-electron chi connectivity index (χ4n) is 1.53. The van der Waals surface area contributed by atoms with Gasteiger partial charge in [-0.05, 0) is 44.6 Å². The first kappa shape index (κ1) is 15.9. The maximum atomic E-state index is 5.54. The van der Waals surface area contributed by atoms with Gasteiger partial charge in [-0.3, -0.25) is 0 Å². The Kier molecular flexibility index (Phi) is 10.0. The fourth-order valence-corrected chi connectivity index (χ4v) is 1.53. The van der Waals surface area contributed by atoms with Crippen LogP contribution in [0.4, 0.5) is 0 Å². The van der Waals surface area contributed by atoms with Crippen molar-refractivity contribution in [2.45, 2.75) is 59.9 Å². The van der Waals surface area contributed by atoms with Crippen LogP contribution in [0, 0.1) is 11.8 Å². The van der Waals surface area contributed by atoms with Crippen LogP contribution in [-0.2, 0) is 4.74 Å². The number of rotatable bonds is 10. The minimum atomic E-state index is 0.646. The molecule has 0 amide bonds. The van der Waals surface area contributed by atoms with Gasteiger partial charge >= 0.3 is 0 Å². The largest absolute Gasteiger partial charge is 0.381 e. The summed E-state index contributed by atoms with van der Waals surface area (Å²) in [5.74, 6) is 1.47. The molecule has 2 heteroatoms. The molecule has 0 radical (unpaired) electrons. The Balaban J connectivity index is 3.18. The standard InChI is InChI=1S/C14H31NO/c1-12(2)7-8-14(5)15-9-6-10-16-11-13(3)4/h12-15H,6-11H2,1-5H3. The number of hydrogen-bond acceptors (Lipinski definition) is 2. The predicted molar refractivity (Wildman–Crippen MR) is 71.8 cm³/mol. The van der Waals surface area contributed by atoms with Gasteiger partial charge in [-0.2, -0.15) is 0 Å². The summed E-state index contributed by atoms with van der Waals surface area (Å²) in [6.07, 6.45) is 3.72. The van der Waals surface area contributed by atoms with E-state index in [1.165, 1.54) is 12.8 Å². The van der Waals surface area contributed by atoms with E-state index in [-0.39, 0.29) is 0 Å². The molecular formula is C14H31NO. The van der Waals surface area contributed by atoms with Crippen LogP contribution < -0.4 is 5.32 Å². The zero-order valence-corrected chi connectivity index (χ0v) is 11.9. The third kappa shape index (κ3) is 12.0. The first-order valence-electron chi connectivity index (χ1n) is 6.83. The molecule has 16 heavy (non-hydrogen) atoms. The van der Waals surface area contributed by atoms with Gasteiger partial charge in [0.1, 0.15) is 0 Å². The Labute approximate surface area is 102 Å². The van der Waals surface area contributed by atoms with E-state index in [1.54, 1.807) is 0 Å². The van der Waals surface area contributed by atoms with Crippen molar-refractivity contribution < 1.29 is 4.74 Å². The lowest BCUT2D eigenvalue weighted by molar-refractivity contribution is 0.107. The highest BCUT2D eigenvalue weighted by atomic mass is 16.5. The number of ether oxygens (including phenoxy) is 1. The summed E-state index contributed by atoms with van der Waals surface area (Å²) in [6, 6.07) is 0.646. The maximum Gasteiger partial charge on any atom is 0.0489 e. The van der Waals surface area contributed by atoms with Gasteiger partial charge < -0.3 is 10.1 Å². The van der Waals surface area contributed by atoms with Crippen molar-refractivity contribution in [2.24, 2.45) is 11.8 Å². The first-order valence-corrected chi connectivity index (χ1v) is 6.83. The average molecular weight is 229 g/mol. The van der Waals surface area contributed by atoms with Crippen LogP contribution in [0.25, 0.3) is 0 Å². The molecule has 0 saturated carbocycles. The topological polar surface area (TPSA) is 21.3 Å². The van der Waals surface area contributed by atoms with Crippen LogP contribution in [0.15, 0.2) is 0 Å². The maximum absolute atomic E-state index is 5.54. The van der Waals surface area contributed by atoms with Crippen LogP contribution >= 0.6 is 0 Å². The molecule has 1 N–H and O–H groups in total. The van der Waals surface area contributed by atoms with E-state index >= 15 is 0 Å². The molecular weight excluding hydrogens is 198 g/mol. The SMILES string of the molecule is CC(C)CCC(C)NCCCOCC(C)C. The van der Waals surface area contributed by atoms with E-state index in [0.29, 0.717) is 12.0 Å². The van der Waals surface area contributed by atoms with Crippen molar-refractivity contribution >= 4 is 0 Å². The Morgan fingerprint density at radius 2 is 1.62 bits per heavy atom. The van der Waals surface area contributed by atoms with Gasteiger partial charge in [-0.1, -0.05) is 27.7 Å². The molecule has 1 unspecified atom stereocenters. The third-order valence-electron chi connectivity index (χ3n) is 2.59. The van der Waals surface area contributed by atoms with E-state index in [1.807, 2.05) is 0 Å². The van der Waals surface area contributed by atoms with Gasteiger partial charge in [0.15, 0.2) is 0 Å². The van der Waals surface area contributed by atoms with Crippen LogP contribution in [0.2, 0.25) is 0 Å². The predicted octanol–water partition coefficient (Wildman–Crippen LogP) is 3.46. The van der Waals surface area contributed by atoms with Gasteiger partial charge in [-0.15, -0.1) is 0 Å². The molecule has 0 fully saturated rings. The minimum Gasteiger partial charge on any atom is -0.381 e. The molecule has 0 saturated heterocycles. The van der Waals surface area contributed by atoms with Crippen molar-refractivity contribution in [3.8, 4) is 0 Å². The van der Waals surface area contributed by atoms with Gasteiger partial charge in [0, 0.05) is 19.3 Å². The Morgan fingerprint density at radius 1 is 0.938 bits per heavy atom. The first-order chi connectivity index (χ1) is 7.52. The lowest BCUT2D eigenvalue weighted by Gasteiger charge is -2.15. The van der Waals surface area contributed by atoms with E-state index in [4.69, 9.17) is 4.74 Å². The van der Waals surface area contributed by atoms with Gasteiger partial charge in [0.2, 0.25) is 0 Å². The molecule has 0 aromatic carbocycles. The van der Waals surface area contributed by atoms with E-state index in [9.17, 15) is 0 Å². The van der Waals surface area contributed by atoms with Crippen molar-refractivity contribution in [1.29, 1.82) is 0 Å². The fraction of sp³-hybridized carbons (Fsp3) is 1.00. The molecule has 2 nitrogen and oxygen atoms in total. The van der Waals surface area contributed by atoms with E-state index < -0.39 is 0 Å². The third-order valence-corrected chi connectivity index (χ3v) is 2.59. The van der Waals surface area contributed by atoms with Crippen LogP contribution in [-0.4, -0.2) is 25.8 Å². The second-order valence-corrected chi connectivity index (χ2v) is 5.65. The lowest BCUT2D eigenvalue weighted by atomic mass is 10.0. The van der Waals surface area contributed by atoms with Gasteiger partial charge in [0.25, 0.3) is 0 Å². The second kappa shape index (κ2) is 10.1. The summed E-state index contributed by atoms with van der Waals surface area (Å²) in [6.45, 7) is 14.1. The summed E-state index contributed by atoms with van der Waals surface area (Å²) in [7, 11) is 0. The Hall–Kier alpha value is -0.0800. The molecule has 0 rings (SSSR count). The van der Waals surface area contributed by atoms with Crippen molar-refractivity contribution in [3.05, 3.63) is 0 Å². The summed E-state index contributed by atoms with van der Waals surface area (Å²) >= 11 is 0. The van der Waals surface area contributed by atoms with Gasteiger partial charge in [0.05, 0.1) is 0 Å². The summed E-state index contributed by atoms with van der Waals surface area (Å²) in [5.41, 5.74) is 0. The highest BCUT2D eigenvalue weighted by Gasteiger charge is 2.02. The Morgan fingerprint density at radius 3 is 2.19 bits per heavy atom. The number of nitrogens with one attached hydrogen (secondary N) is 1. The van der Waals surface area contributed by atoms with Gasteiger partial charge in [-0.25, -0.2) is 0 Å². The Bertz CT molecular complexity index is 146. The van der Waals surface area contributed by atoms with Crippen molar-refractivity contribution in [2.75, 3.05) is 19.8 Å². The molecule has 0 aliphatic rings. The average Bonchev–Trinajstić information content (AvgIpc) is 2.19. The van der Waals surface area contributed by atoms with Crippen LogP contribution in [0.5, 0.6) is 0 Å². The monoisotopic (exact) mass is 229 g/mol. The quantitative estimate of drug-likeness (QED) is 0.579. The highest BCUT2D eigenvalue weighted by Crippen LogP contribution is 2.06. The molecule has 0 aliphatic heterocycles. The summed E-state index contributed by atoms with van der Waals surface area (Å²) in [5, 5.41) is 3.55. The molecule has 0 heterocycles. The zero-order chi connectivity index (χ0) is 12.4. The highest BCUT2D eigenvalue weighted by molar-refractivity contribution is 4.61. The molecule has 0 aromatic rings. The van der Waals surface area contributed by atoms with Crippen LogP contribution in [0.1, 0.15) is 53.9 Å². The van der Waals surface area contributed by atoms with Crippen LogP contribution in [0.3, 0.4) is 0 Å². The molecule has 0 aliphatic carbocycles.